The Hall–Kier alpha value is -3.63. The van der Waals surface area contributed by atoms with E-state index in [1.54, 1.807) is 6.08 Å². The van der Waals surface area contributed by atoms with Gasteiger partial charge in [-0.15, -0.1) is 0 Å². The van der Waals surface area contributed by atoms with Crippen LogP contribution in [0.15, 0.2) is 75.8 Å². The standard InChI is InChI=1S/C27H21ClF3N3O3S/c1-3-33-14-16(18-7-5-6-8-19(18)33)13-20-24(35)34-22(15-9-11-17(28)12-10-15)21(25(36)37-4-2)23(27(29,30)31)32-26(34)38-20/h5-14,22H,3-4H2,1-2H3/b20-13-/t22-/m0/s1. The number of aromatic nitrogens is 2. The van der Waals surface area contributed by atoms with Crippen LogP contribution in [0.5, 0.6) is 0 Å². The van der Waals surface area contributed by atoms with Crippen LogP contribution in [0.1, 0.15) is 31.0 Å². The summed E-state index contributed by atoms with van der Waals surface area (Å²) in [6.45, 7) is 4.04. The van der Waals surface area contributed by atoms with Gasteiger partial charge in [0.2, 0.25) is 0 Å². The molecule has 1 atom stereocenters. The number of para-hydroxylation sites is 1. The smallest absolute Gasteiger partial charge is 0.434 e. The van der Waals surface area contributed by atoms with E-state index in [1.165, 1.54) is 31.2 Å². The van der Waals surface area contributed by atoms with Gasteiger partial charge in [-0.2, -0.15) is 13.2 Å². The van der Waals surface area contributed by atoms with Gasteiger partial charge in [-0.1, -0.05) is 53.3 Å². The molecule has 0 spiro atoms. The van der Waals surface area contributed by atoms with Crippen molar-refractivity contribution in [3.05, 3.63) is 102 Å². The molecule has 0 aliphatic carbocycles. The highest BCUT2D eigenvalue weighted by molar-refractivity contribution is 7.07. The summed E-state index contributed by atoms with van der Waals surface area (Å²) in [4.78, 5) is 30.3. The molecule has 11 heteroatoms. The minimum absolute atomic E-state index is 0.146. The van der Waals surface area contributed by atoms with Crippen LogP contribution in [0.3, 0.4) is 0 Å². The van der Waals surface area contributed by atoms with Gasteiger partial charge in [0.15, 0.2) is 10.5 Å². The molecule has 5 rings (SSSR count). The number of allylic oxidation sites excluding steroid dienone is 1. The van der Waals surface area contributed by atoms with E-state index in [9.17, 15) is 22.8 Å². The molecule has 6 nitrogen and oxygen atoms in total. The Morgan fingerprint density at radius 3 is 2.53 bits per heavy atom. The summed E-state index contributed by atoms with van der Waals surface area (Å²) >= 11 is 6.85. The van der Waals surface area contributed by atoms with Gasteiger partial charge < -0.3 is 9.30 Å². The maximum absolute atomic E-state index is 14.2. The third-order valence-corrected chi connectivity index (χ3v) is 7.46. The summed E-state index contributed by atoms with van der Waals surface area (Å²) in [6, 6.07) is 12.2. The maximum atomic E-state index is 14.2. The number of fused-ring (bicyclic) bond motifs is 2. The molecule has 2 aromatic carbocycles. The molecular formula is C27H21ClF3N3O3S. The van der Waals surface area contributed by atoms with E-state index in [1.807, 2.05) is 42.0 Å². The Morgan fingerprint density at radius 2 is 1.87 bits per heavy atom. The molecule has 4 aromatic rings. The number of halogens is 4. The maximum Gasteiger partial charge on any atom is 0.434 e. The molecule has 0 saturated heterocycles. The summed E-state index contributed by atoms with van der Waals surface area (Å²) in [5.74, 6) is -1.19. The van der Waals surface area contributed by atoms with Crippen molar-refractivity contribution in [1.82, 2.24) is 9.13 Å². The average Bonchev–Trinajstić information content (AvgIpc) is 3.40. The lowest BCUT2D eigenvalue weighted by molar-refractivity contribution is -0.140. The van der Waals surface area contributed by atoms with Crippen LogP contribution >= 0.6 is 22.9 Å². The molecule has 0 bridgehead atoms. The summed E-state index contributed by atoms with van der Waals surface area (Å²) in [7, 11) is 0. The predicted octanol–water partition coefficient (Wildman–Crippen LogP) is 4.97. The topological polar surface area (TPSA) is 65.6 Å². The highest BCUT2D eigenvalue weighted by Gasteiger charge is 2.45. The van der Waals surface area contributed by atoms with Crippen LogP contribution in [0.2, 0.25) is 5.02 Å². The van der Waals surface area contributed by atoms with E-state index in [0.717, 1.165) is 32.4 Å². The van der Waals surface area contributed by atoms with Gasteiger partial charge in [-0.25, -0.2) is 9.79 Å². The second-order valence-electron chi connectivity index (χ2n) is 8.50. The largest absolute Gasteiger partial charge is 0.463 e. The van der Waals surface area contributed by atoms with Gasteiger partial charge in [-0.05, 0) is 43.7 Å². The average molecular weight is 560 g/mol. The number of alkyl halides is 3. The van der Waals surface area contributed by atoms with Gasteiger partial charge in [0.05, 0.1) is 22.8 Å². The monoisotopic (exact) mass is 559 g/mol. The fourth-order valence-electron chi connectivity index (χ4n) is 4.59. The summed E-state index contributed by atoms with van der Waals surface area (Å²) in [5, 5.41) is 1.25. The molecule has 38 heavy (non-hydrogen) atoms. The second kappa shape index (κ2) is 9.92. The van der Waals surface area contributed by atoms with Crippen molar-refractivity contribution < 1.29 is 22.7 Å². The van der Waals surface area contributed by atoms with Gasteiger partial charge in [-0.3, -0.25) is 9.36 Å². The van der Waals surface area contributed by atoms with Crippen molar-refractivity contribution in [1.29, 1.82) is 0 Å². The quantitative estimate of drug-likeness (QED) is 0.324. The normalized spacial score (nSPS) is 16.1. The van der Waals surface area contributed by atoms with Crippen molar-refractivity contribution in [2.75, 3.05) is 6.61 Å². The zero-order valence-electron chi connectivity index (χ0n) is 20.3. The Balaban J connectivity index is 1.81. The van der Waals surface area contributed by atoms with Gasteiger partial charge in [0, 0.05) is 34.2 Å². The van der Waals surface area contributed by atoms with Gasteiger partial charge >= 0.3 is 12.1 Å². The zero-order valence-corrected chi connectivity index (χ0v) is 21.8. The number of aryl methyl sites for hydroxylation is 1. The number of hydrogen-bond donors (Lipinski definition) is 0. The molecule has 0 N–H and O–H groups in total. The van der Waals surface area contributed by atoms with Crippen molar-refractivity contribution in [2.24, 2.45) is 4.99 Å². The molecule has 0 amide bonds. The van der Waals surface area contributed by atoms with E-state index < -0.39 is 35.0 Å². The van der Waals surface area contributed by atoms with Crippen LogP contribution < -0.4 is 14.9 Å². The van der Waals surface area contributed by atoms with E-state index in [0.29, 0.717) is 11.6 Å². The van der Waals surface area contributed by atoms with Gasteiger partial charge in [0.1, 0.15) is 0 Å². The highest BCUT2D eigenvalue weighted by atomic mass is 35.5. The fourth-order valence-corrected chi connectivity index (χ4v) is 5.71. The van der Waals surface area contributed by atoms with Crippen LogP contribution in [-0.2, 0) is 16.1 Å². The number of benzene rings is 2. The first kappa shape index (κ1) is 26.0. The zero-order chi connectivity index (χ0) is 27.2. The lowest BCUT2D eigenvalue weighted by Crippen LogP contribution is -2.41. The van der Waals surface area contributed by atoms with Crippen LogP contribution in [0.4, 0.5) is 13.2 Å². The number of nitrogens with zero attached hydrogens (tertiary/aromatic N) is 3. The summed E-state index contributed by atoms with van der Waals surface area (Å²) in [5.41, 5.74) is -0.711. The Labute approximate surface area is 223 Å². The molecule has 1 aliphatic rings. The van der Waals surface area contributed by atoms with Crippen LogP contribution in [-0.4, -0.2) is 27.9 Å². The van der Waals surface area contributed by atoms with E-state index in [-0.39, 0.29) is 21.5 Å². The number of carbonyl (C=O) groups is 1. The number of esters is 1. The SMILES string of the molecule is CCOC(=O)C1=C(C(F)(F)F)N=c2s/c(=C\c3cn(CC)c4ccccc34)c(=O)n2[C@H]1c1ccc(Cl)cc1. The Morgan fingerprint density at radius 1 is 1.16 bits per heavy atom. The first-order valence-corrected chi connectivity index (χ1v) is 13.0. The first-order chi connectivity index (χ1) is 18.1. The third kappa shape index (κ3) is 4.48. The van der Waals surface area contributed by atoms with E-state index >= 15 is 0 Å². The number of rotatable bonds is 5. The number of carbonyl (C=O) groups excluding carboxylic acids is 1. The summed E-state index contributed by atoms with van der Waals surface area (Å²) in [6.07, 6.45) is -1.42. The van der Waals surface area contributed by atoms with Crippen LogP contribution in [0, 0.1) is 0 Å². The second-order valence-corrected chi connectivity index (χ2v) is 9.95. The lowest BCUT2D eigenvalue weighted by Gasteiger charge is -2.26. The summed E-state index contributed by atoms with van der Waals surface area (Å²) < 4.78 is 51.0. The van der Waals surface area contributed by atoms with Crippen LogP contribution in [0.25, 0.3) is 17.0 Å². The van der Waals surface area contributed by atoms with Crippen molar-refractivity contribution >= 4 is 45.9 Å². The molecule has 0 radical (unpaired) electrons. The third-order valence-electron chi connectivity index (χ3n) is 6.23. The molecule has 0 unspecified atom stereocenters. The molecule has 1 aliphatic heterocycles. The Kier molecular flexibility index (Phi) is 6.79. The minimum atomic E-state index is -4.96. The molecule has 196 valence electrons. The number of thiazole rings is 1. The molecule has 0 saturated carbocycles. The first-order valence-electron chi connectivity index (χ1n) is 11.8. The van der Waals surface area contributed by atoms with E-state index in [4.69, 9.17) is 16.3 Å². The van der Waals surface area contributed by atoms with Gasteiger partial charge in [0.25, 0.3) is 5.56 Å². The predicted molar refractivity (Wildman–Crippen MR) is 140 cm³/mol. The van der Waals surface area contributed by atoms with Crippen molar-refractivity contribution in [2.45, 2.75) is 32.6 Å². The molecule has 3 heterocycles. The number of ether oxygens (including phenoxy) is 1. The molecular weight excluding hydrogens is 539 g/mol. The minimum Gasteiger partial charge on any atom is -0.463 e. The van der Waals surface area contributed by atoms with Crippen molar-refractivity contribution in [3.63, 3.8) is 0 Å². The molecule has 0 fully saturated rings. The molecule has 2 aromatic heterocycles. The Bertz CT molecular complexity index is 1770. The number of hydrogen-bond acceptors (Lipinski definition) is 5. The lowest BCUT2D eigenvalue weighted by atomic mass is 9.95. The highest BCUT2D eigenvalue weighted by Crippen LogP contribution is 2.38. The van der Waals surface area contributed by atoms with E-state index in [2.05, 4.69) is 4.99 Å². The fraction of sp³-hybridized carbons (Fsp3) is 0.222. The van der Waals surface area contributed by atoms with Crippen molar-refractivity contribution in [3.8, 4) is 0 Å².